The Bertz CT molecular complexity index is 753. The zero-order chi connectivity index (χ0) is 17.1. The molecule has 0 saturated heterocycles. The van der Waals surface area contributed by atoms with Gasteiger partial charge >= 0.3 is 0 Å². The average Bonchev–Trinajstić information content (AvgIpc) is 2.94. The Labute approximate surface area is 132 Å². The van der Waals surface area contributed by atoms with E-state index in [1.807, 2.05) is 6.92 Å². The highest BCUT2D eigenvalue weighted by Gasteiger charge is 2.26. The third-order valence-electron chi connectivity index (χ3n) is 3.41. The van der Waals surface area contributed by atoms with Crippen LogP contribution < -0.4 is 4.74 Å². The maximum atomic E-state index is 14.1. The molecule has 1 N–H and O–H groups in total. The minimum atomic E-state index is -0.906. The standard InChI is InChI=1S/C16H18F2N2O3/c1-4-5-6-23-15-11(18)7-10(17)13-12(15)9(8-19-13)14(21)16(22)20(2)3/h7-8,19H,4-6H2,1-3H3. The SMILES string of the molecule is CCCCOc1c(F)cc(F)c2[nH]cc(C(=O)C(=O)N(C)C)c12. The molecule has 1 amide bonds. The van der Waals surface area contributed by atoms with Gasteiger partial charge < -0.3 is 14.6 Å². The van der Waals surface area contributed by atoms with Gasteiger partial charge in [-0.1, -0.05) is 13.3 Å². The van der Waals surface area contributed by atoms with Gasteiger partial charge in [0.2, 0.25) is 0 Å². The lowest BCUT2D eigenvalue weighted by atomic mass is 10.1. The van der Waals surface area contributed by atoms with Crippen LogP contribution >= 0.6 is 0 Å². The van der Waals surface area contributed by atoms with Crippen LogP contribution in [0.2, 0.25) is 0 Å². The number of amides is 1. The maximum Gasteiger partial charge on any atom is 0.294 e. The van der Waals surface area contributed by atoms with E-state index < -0.39 is 23.3 Å². The zero-order valence-electron chi connectivity index (χ0n) is 13.2. The number of ether oxygens (including phenoxy) is 1. The highest BCUT2D eigenvalue weighted by molar-refractivity contribution is 6.45. The number of fused-ring (bicyclic) bond motifs is 1. The number of hydrogen-bond acceptors (Lipinski definition) is 3. The summed E-state index contributed by atoms with van der Waals surface area (Å²) < 4.78 is 33.4. The van der Waals surface area contributed by atoms with E-state index in [9.17, 15) is 18.4 Å². The second-order valence-electron chi connectivity index (χ2n) is 5.35. The first-order valence-electron chi connectivity index (χ1n) is 7.26. The van der Waals surface area contributed by atoms with Gasteiger partial charge in [0, 0.05) is 26.4 Å². The third kappa shape index (κ3) is 3.18. The largest absolute Gasteiger partial charge is 0.490 e. The van der Waals surface area contributed by atoms with E-state index in [0.717, 1.165) is 11.3 Å². The predicted molar refractivity (Wildman–Crippen MR) is 81.6 cm³/mol. The lowest BCUT2D eigenvalue weighted by Crippen LogP contribution is -2.29. The van der Waals surface area contributed by atoms with Crippen LogP contribution in [0, 0.1) is 11.6 Å². The molecule has 0 radical (unpaired) electrons. The van der Waals surface area contributed by atoms with Gasteiger partial charge in [-0.25, -0.2) is 8.78 Å². The van der Waals surface area contributed by atoms with Crippen LogP contribution in [0.25, 0.3) is 10.9 Å². The summed E-state index contributed by atoms with van der Waals surface area (Å²) in [7, 11) is 2.85. The Kier molecular flexibility index (Phi) is 4.98. The normalized spacial score (nSPS) is 10.8. The number of aromatic nitrogens is 1. The number of carbonyl (C=O) groups excluding carboxylic acids is 2. The molecule has 0 aliphatic rings. The number of H-pyrrole nitrogens is 1. The minimum absolute atomic E-state index is 0.0428. The van der Waals surface area contributed by atoms with E-state index in [-0.39, 0.29) is 28.8 Å². The van der Waals surface area contributed by atoms with Gasteiger partial charge in [-0.2, -0.15) is 0 Å². The van der Waals surface area contributed by atoms with Crippen molar-refractivity contribution in [1.29, 1.82) is 0 Å². The molecule has 124 valence electrons. The second kappa shape index (κ2) is 6.76. The molecular formula is C16H18F2N2O3. The molecule has 0 saturated carbocycles. The number of hydrogen-bond donors (Lipinski definition) is 1. The van der Waals surface area contributed by atoms with Crippen molar-refractivity contribution in [2.75, 3.05) is 20.7 Å². The average molecular weight is 324 g/mol. The Hall–Kier alpha value is -2.44. The smallest absolute Gasteiger partial charge is 0.294 e. The fourth-order valence-corrected chi connectivity index (χ4v) is 2.17. The monoisotopic (exact) mass is 324 g/mol. The van der Waals surface area contributed by atoms with Gasteiger partial charge in [0.25, 0.3) is 11.7 Å². The number of halogens is 2. The predicted octanol–water partition coefficient (Wildman–Crippen LogP) is 2.90. The number of likely N-dealkylation sites (N-methyl/N-ethyl adjacent to an activating group) is 1. The first-order chi connectivity index (χ1) is 10.9. The molecule has 0 aliphatic heterocycles. The number of carbonyl (C=O) groups is 2. The van der Waals surface area contributed by atoms with Gasteiger partial charge in [-0.3, -0.25) is 9.59 Å². The molecule has 2 rings (SSSR count). The minimum Gasteiger partial charge on any atom is -0.490 e. The molecule has 5 nitrogen and oxygen atoms in total. The van der Waals surface area contributed by atoms with Gasteiger partial charge in [0.1, 0.15) is 5.82 Å². The first kappa shape index (κ1) is 16.9. The van der Waals surface area contributed by atoms with E-state index in [2.05, 4.69) is 4.98 Å². The van der Waals surface area contributed by atoms with Crippen LogP contribution in [-0.4, -0.2) is 42.3 Å². The molecule has 1 aromatic carbocycles. The summed E-state index contributed by atoms with van der Waals surface area (Å²) in [4.78, 5) is 27.8. The van der Waals surface area contributed by atoms with Gasteiger partial charge in [-0.05, 0) is 6.42 Å². The van der Waals surface area contributed by atoms with E-state index >= 15 is 0 Å². The van der Waals surface area contributed by atoms with Crippen LogP contribution in [-0.2, 0) is 4.79 Å². The van der Waals surface area contributed by atoms with Crippen molar-refractivity contribution in [2.45, 2.75) is 19.8 Å². The van der Waals surface area contributed by atoms with E-state index in [1.165, 1.54) is 20.3 Å². The summed E-state index contributed by atoms with van der Waals surface area (Å²) in [5.41, 5.74) is -0.170. The summed E-state index contributed by atoms with van der Waals surface area (Å²) in [6.07, 6.45) is 2.72. The summed E-state index contributed by atoms with van der Waals surface area (Å²) in [6.45, 7) is 2.18. The lowest BCUT2D eigenvalue weighted by Gasteiger charge is -2.11. The molecule has 23 heavy (non-hydrogen) atoms. The van der Waals surface area contributed by atoms with Crippen LogP contribution in [0.15, 0.2) is 12.3 Å². The molecule has 1 aromatic heterocycles. The molecule has 0 bridgehead atoms. The summed E-state index contributed by atoms with van der Waals surface area (Å²) in [5, 5.41) is -0.0428. The van der Waals surface area contributed by atoms with Crippen molar-refractivity contribution in [1.82, 2.24) is 9.88 Å². The molecular weight excluding hydrogens is 306 g/mol. The molecule has 2 aromatic rings. The number of unbranched alkanes of at least 4 members (excludes halogenated alkanes) is 1. The highest BCUT2D eigenvalue weighted by atomic mass is 19.1. The summed E-state index contributed by atoms with van der Waals surface area (Å²) in [6, 6.07) is 0.697. The quantitative estimate of drug-likeness (QED) is 0.505. The van der Waals surface area contributed by atoms with E-state index in [4.69, 9.17) is 4.74 Å². The number of aromatic amines is 1. The topological polar surface area (TPSA) is 62.4 Å². The van der Waals surface area contributed by atoms with Crippen molar-refractivity contribution in [3.8, 4) is 5.75 Å². The van der Waals surface area contributed by atoms with Crippen LogP contribution in [0.1, 0.15) is 30.1 Å². The Morgan fingerprint density at radius 3 is 2.57 bits per heavy atom. The molecule has 0 fully saturated rings. The van der Waals surface area contributed by atoms with Crippen molar-refractivity contribution in [2.24, 2.45) is 0 Å². The zero-order valence-corrected chi connectivity index (χ0v) is 13.2. The first-order valence-corrected chi connectivity index (χ1v) is 7.26. The molecule has 0 spiro atoms. The fraction of sp³-hybridized carbons (Fsp3) is 0.375. The highest BCUT2D eigenvalue weighted by Crippen LogP contribution is 2.34. The fourth-order valence-electron chi connectivity index (χ4n) is 2.17. The maximum absolute atomic E-state index is 14.1. The molecule has 7 heteroatoms. The number of nitrogens with zero attached hydrogens (tertiary/aromatic N) is 1. The van der Waals surface area contributed by atoms with Gasteiger partial charge in [-0.15, -0.1) is 0 Å². The van der Waals surface area contributed by atoms with Crippen LogP contribution in [0.5, 0.6) is 5.75 Å². The number of benzene rings is 1. The van der Waals surface area contributed by atoms with E-state index in [1.54, 1.807) is 0 Å². The Morgan fingerprint density at radius 2 is 1.96 bits per heavy atom. The molecule has 0 unspecified atom stereocenters. The summed E-state index contributed by atoms with van der Waals surface area (Å²) in [5.74, 6) is -3.61. The number of ketones is 1. The van der Waals surface area contributed by atoms with E-state index in [0.29, 0.717) is 12.5 Å². The van der Waals surface area contributed by atoms with Crippen molar-refractivity contribution >= 4 is 22.6 Å². The van der Waals surface area contributed by atoms with Crippen molar-refractivity contribution in [3.63, 3.8) is 0 Å². The third-order valence-corrected chi connectivity index (χ3v) is 3.41. The van der Waals surface area contributed by atoms with Gasteiger partial charge in [0.15, 0.2) is 11.6 Å². The molecule has 1 heterocycles. The van der Waals surface area contributed by atoms with Crippen molar-refractivity contribution < 1.29 is 23.1 Å². The number of Topliss-reactive ketones (excluding diaryl/α,β-unsaturated/α-hetero) is 1. The van der Waals surface area contributed by atoms with Crippen molar-refractivity contribution in [3.05, 3.63) is 29.5 Å². The number of rotatable bonds is 6. The van der Waals surface area contributed by atoms with Crippen LogP contribution in [0.3, 0.4) is 0 Å². The number of nitrogens with one attached hydrogen (secondary N) is 1. The summed E-state index contributed by atoms with van der Waals surface area (Å²) >= 11 is 0. The molecule has 0 aliphatic carbocycles. The van der Waals surface area contributed by atoms with Gasteiger partial charge in [0.05, 0.1) is 23.1 Å². The Morgan fingerprint density at radius 1 is 1.26 bits per heavy atom. The van der Waals surface area contributed by atoms with Crippen LogP contribution in [0.4, 0.5) is 8.78 Å². The Balaban J connectivity index is 2.58. The molecule has 0 atom stereocenters. The lowest BCUT2D eigenvalue weighted by molar-refractivity contribution is -0.124. The second-order valence-corrected chi connectivity index (χ2v) is 5.35.